The molecule has 1 heterocycles. The van der Waals surface area contributed by atoms with Crippen LogP contribution in [0.25, 0.3) is 0 Å². The summed E-state index contributed by atoms with van der Waals surface area (Å²) in [5.74, 6) is 0.236. The van der Waals surface area contributed by atoms with E-state index in [4.69, 9.17) is 5.10 Å². The Morgan fingerprint density at radius 3 is 2.45 bits per heavy atom. The van der Waals surface area contributed by atoms with Gasteiger partial charge in [0.1, 0.15) is 0 Å². The number of nitrogens with one attached hydrogen (secondary N) is 1. The standard InChI is InChI=1S/C26H30N4O/c1-18-25(19(2)30(28-18)17-20-8-6-5-7-9-20)22-10-13-23(16-22)27-26(31)21-11-14-24(15-12-21)29(3)4/h5-15,22-23H,16-17H2,1-4H3,(H,27,31). The first-order chi connectivity index (χ1) is 14.9. The highest BCUT2D eigenvalue weighted by Crippen LogP contribution is 2.33. The van der Waals surface area contributed by atoms with Gasteiger partial charge in [-0.3, -0.25) is 9.48 Å². The predicted molar refractivity (Wildman–Crippen MR) is 126 cm³/mol. The van der Waals surface area contributed by atoms with Crippen LogP contribution in [0.4, 0.5) is 5.69 Å². The largest absolute Gasteiger partial charge is 0.378 e. The van der Waals surface area contributed by atoms with E-state index in [9.17, 15) is 4.79 Å². The highest BCUT2D eigenvalue weighted by atomic mass is 16.1. The number of aryl methyl sites for hydroxylation is 1. The molecule has 31 heavy (non-hydrogen) atoms. The summed E-state index contributed by atoms with van der Waals surface area (Å²) in [5.41, 5.74) is 6.55. The summed E-state index contributed by atoms with van der Waals surface area (Å²) in [6.45, 7) is 4.99. The van der Waals surface area contributed by atoms with Crippen molar-refractivity contribution in [3.05, 3.63) is 94.8 Å². The van der Waals surface area contributed by atoms with Crippen LogP contribution in [-0.4, -0.2) is 35.8 Å². The van der Waals surface area contributed by atoms with Gasteiger partial charge in [-0.15, -0.1) is 0 Å². The Labute approximate surface area is 184 Å². The van der Waals surface area contributed by atoms with Crippen molar-refractivity contribution in [2.45, 2.75) is 38.8 Å². The number of aromatic nitrogens is 2. The molecule has 1 aromatic heterocycles. The maximum atomic E-state index is 12.7. The minimum absolute atomic E-state index is 0.0299. The van der Waals surface area contributed by atoms with Crippen molar-refractivity contribution in [3.63, 3.8) is 0 Å². The zero-order valence-corrected chi connectivity index (χ0v) is 18.7. The Hall–Kier alpha value is -3.34. The molecule has 0 fully saturated rings. The summed E-state index contributed by atoms with van der Waals surface area (Å²) in [7, 11) is 3.98. The number of rotatable bonds is 6. The first-order valence-corrected chi connectivity index (χ1v) is 10.8. The van der Waals surface area contributed by atoms with E-state index < -0.39 is 0 Å². The molecule has 3 aromatic rings. The summed E-state index contributed by atoms with van der Waals surface area (Å²) in [6, 6.07) is 18.1. The number of nitrogens with zero attached hydrogens (tertiary/aromatic N) is 3. The van der Waals surface area contributed by atoms with Gasteiger partial charge in [0.05, 0.1) is 12.2 Å². The van der Waals surface area contributed by atoms with E-state index in [2.05, 4.69) is 60.3 Å². The fraction of sp³-hybridized carbons (Fsp3) is 0.308. The van der Waals surface area contributed by atoms with E-state index in [1.54, 1.807) is 0 Å². The molecule has 0 spiro atoms. The lowest BCUT2D eigenvalue weighted by molar-refractivity contribution is 0.0944. The van der Waals surface area contributed by atoms with E-state index >= 15 is 0 Å². The third-order valence-corrected chi connectivity index (χ3v) is 6.03. The topological polar surface area (TPSA) is 50.2 Å². The maximum absolute atomic E-state index is 12.7. The van der Waals surface area contributed by atoms with Gasteiger partial charge in [0, 0.05) is 48.6 Å². The van der Waals surface area contributed by atoms with Gasteiger partial charge in [0.15, 0.2) is 0 Å². The molecule has 4 rings (SSSR count). The minimum Gasteiger partial charge on any atom is -0.378 e. The fourth-order valence-electron chi connectivity index (χ4n) is 4.34. The van der Waals surface area contributed by atoms with Crippen LogP contribution in [0, 0.1) is 13.8 Å². The molecule has 0 aliphatic heterocycles. The van der Waals surface area contributed by atoms with E-state index in [0.29, 0.717) is 5.56 Å². The van der Waals surface area contributed by atoms with Crippen LogP contribution in [0.5, 0.6) is 0 Å². The van der Waals surface area contributed by atoms with Crippen molar-refractivity contribution in [3.8, 4) is 0 Å². The van der Waals surface area contributed by atoms with Gasteiger partial charge < -0.3 is 10.2 Å². The summed E-state index contributed by atoms with van der Waals surface area (Å²) in [6.07, 6.45) is 5.19. The van der Waals surface area contributed by atoms with E-state index in [-0.39, 0.29) is 17.9 Å². The maximum Gasteiger partial charge on any atom is 0.251 e. The Balaban J connectivity index is 1.42. The average molecular weight is 415 g/mol. The number of hydrogen-bond acceptors (Lipinski definition) is 3. The van der Waals surface area contributed by atoms with Gasteiger partial charge >= 0.3 is 0 Å². The Bertz CT molecular complexity index is 1080. The second-order valence-electron chi connectivity index (χ2n) is 8.48. The van der Waals surface area contributed by atoms with Crippen LogP contribution in [0.3, 0.4) is 0 Å². The van der Waals surface area contributed by atoms with Crippen molar-refractivity contribution in [2.75, 3.05) is 19.0 Å². The van der Waals surface area contributed by atoms with Gasteiger partial charge in [-0.1, -0.05) is 42.5 Å². The summed E-state index contributed by atoms with van der Waals surface area (Å²) >= 11 is 0. The number of carbonyl (C=O) groups excluding carboxylic acids is 1. The Morgan fingerprint density at radius 1 is 1.06 bits per heavy atom. The van der Waals surface area contributed by atoms with Gasteiger partial charge in [-0.25, -0.2) is 0 Å². The Morgan fingerprint density at radius 2 is 1.77 bits per heavy atom. The molecule has 1 aliphatic rings. The molecular weight excluding hydrogens is 384 g/mol. The van der Waals surface area contributed by atoms with E-state index in [1.165, 1.54) is 16.8 Å². The number of amides is 1. The van der Waals surface area contributed by atoms with Gasteiger partial charge in [0.25, 0.3) is 5.91 Å². The lowest BCUT2D eigenvalue weighted by Crippen LogP contribution is -2.32. The van der Waals surface area contributed by atoms with Crippen molar-refractivity contribution in [1.29, 1.82) is 0 Å². The van der Waals surface area contributed by atoms with Crippen LogP contribution in [0.2, 0.25) is 0 Å². The number of hydrogen-bond donors (Lipinski definition) is 1. The van der Waals surface area contributed by atoms with Crippen LogP contribution in [0.1, 0.15) is 45.2 Å². The SMILES string of the molecule is Cc1nn(Cc2ccccc2)c(C)c1C1C=CC(NC(=O)c2ccc(N(C)C)cc2)C1. The van der Waals surface area contributed by atoms with Crippen molar-refractivity contribution >= 4 is 11.6 Å². The number of allylic oxidation sites excluding steroid dienone is 1. The van der Waals surface area contributed by atoms with E-state index in [0.717, 1.165) is 24.3 Å². The van der Waals surface area contributed by atoms with Crippen molar-refractivity contribution in [1.82, 2.24) is 15.1 Å². The summed E-state index contributed by atoms with van der Waals surface area (Å²) in [5, 5.41) is 7.96. The number of carbonyl (C=O) groups is 1. The molecule has 1 amide bonds. The molecule has 2 atom stereocenters. The molecule has 0 radical (unpaired) electrons. The molecule has 2 aromatic carbocycles. The van der Waals surface area contributed by atoms with Gasteiger partial charge in [0.2, 0.25) is 0 Å². The van der Waals surface area contributed by atoms with Crippen LogP contribution in [-0.2, 0) is 6.54 Å². The summed E-state index contributed by atoms with van der Waals surface area (Å²) < 4.78 is 2.09. The molecule has 5 heteroatoms. The number of anilines is 1. The van der Waals surface area contributed by atoms with Crippen LogP contribution < -0.4 is 10.2 Å². The second kappa shape index (κ2) is 8.80. The molecule has 0 saturated heterocycles. The fourth-order valence-corrected chi connectivity index (χ4v) is 4.34. The smallest absolute Gasteiger partial charge is 0.251 e. The monoisotopic (exact) mass is 414 g/mol. The lowest BCUT2D eigenvalue weighted by atomic mass is 9.96. The summed E-state index contributed by atoms with van der Waals surface area (Å²) in [4.78, 5) is 14.7. The van der Waals surface area contributed by atoms with Crippen molar-refractivity contribution < 1.29 is 4.79 Å². The molecule has 1 N–H and O–H groups in total. The minimum atomic E-state index is -0.0335. The Kier molecular flexibility index (Phi) is 5.94. The third kappa shape index (κ3) is 4.55. The lowest BCUT2D eigenvalue weighted by Gasteiger charge is -2.16. The molecule has 5 nitrogen and oxygen atoms in total. The quantitative estimate of drug-likeness (QED) is 0.606. The number of benzene rings is 2. The average Bonchev–Trinajstić information content (AvgIpc) is 3.32. The first-order valence-electron chi connectivity index (χ1n) is 10.8. The van der Waals surface area contributed by atoms with Crippen LogP contribution in [0.15, 0.2) is 66.7 Å². The third-order valence-electron chi connectivity index (χ3n) is 6.03. The highest BCUT2D eigenvalue weighted by molar-refractivity contribution is 5.94. The van der Waals surface area contributed by atoms with E-state index in [1.807, 2.05) is 49.3 Å². The first kappa shape index (κ1) is 20.9. The van der Waals surface area contributed by atoms with Crippen LogP contribution >= 0.6 is 0 Å². The normalized spacial score (nSPS) is 17.7. The molecule has 160 valence electrons. The predicted octanol–water partition coefficient (Wildman–Crippen LogP) is 4.46. The van der Waals surface area contributed by atoms with Crippen molar-refractivity contribution in [2.24, 2.45) is 0 Å². The molecular formula is C26H30N4O. The molecule has 0 saturated carbocycles. The van der Waals surface area contributed by atoms with Gasteiger partial charge in [-0.05, 0) is 50.1 Å². The highest BCUT2D eigenvalue weighted by Gasteiger charge is 2.27. The molecule has 1 aliphatic carbocycles. The second-order valence-corrected chi connectivity index (χ2v) is 8.48. The van der Waals surface area contributed by atoms with Gasteiger partial charge in [-0.2, -0.15) is 5.10 Å². The zero-order chi connectivity index (χ0) is 22.0. The zero-order valence-electron chi connectivity index (χ0n) is 18.7. The molecule has 0 bridgehead atoms. The molecule has 2 unspecified atom stereocenters.